The van der Waals surface area contributed by atoms with E-state index in [0.717, 1.165) is 18.7 Å². The Kier molecular flexibility index (Phi) is 5.21. The summed E-state index contributed by atoms with van der Waals surface area (Å²) in [5, 5.41) is 0. The molecule has 0 aliphatic carbocycles. The van der Waals surface area contributed by atoms with Crippen molar-refractivity contribution in [3.8, 4) is 0 Å². The normalized spacial score (nSPS) is 11.1. The number of allylic oxidation sites excluding steroid dienone is 3. The average molecular weight is 231 g/mol. The van der Waals surface area contributed by atoms with Crippen LogP contribution in [0, 0.1) is 5.82 Å². The Balaban J connectivity index is 3.17. The minimum Gasteiger partial charge on any atom is -0.339 e. The van der Waals surface area contributed by atoms with E-state index in [-0.39, 0.29) is 5.82 Å². The molecule has 0 atom stereocenters. The molecule has 0 aromatic heterocycles. The van der Waals surface area contributed by atoms with Gasteiger partial charge in [0.2, 0.25) is 0 Å². The van der Waals surface area contributed by atoms with Crippen molar-refractivity contribution in [1.29, 1.82) is 0 Å². The van der Waals surface area contributed by atoms with E-state index >= 15 is 0 Å². The van der Waals surface area contributed by atoms with Crippen LogP contribution in [0.4, 0.5) is 10.1 Å². The summed E-state index contributed by atoms with van der Waals surface area (Å²) >= 11 is 0. The van der Waals surface area contributed by atoms with Gasteiger partial charge in [-0.25, -0.2) is 4.39 Å². The number of hydrogen-bond acceptors (Lipinski definition) is 1. The Morgan fingerprint density at radius 2 is 2.06 bits per heavy atom. The second-order valence-electron chi connectivity index (χ2n) is 3.63. The maximum absolute atomic E-state index is 13.8. The Labute approximate surface area is 103 Å². The molecular formula is C15H18FN. The molecule has 0 unspecified atom stereocenters. The molecule has 0 bridgehead atoms. The summed E-state index contributed by atoms with van der Waals surface area (Å²) in [5.41, 5.74) is 1.43. The van der Waals surface area contributed by atoms with Crippen molar-refractivity contribution >= 4 is 5.69 Å². The molecule has 90 valence electrons. The molecule has 0 fully saturated rings. The quantitative estimate of drug-likeness (QED) is 0.660. The maximum Gasteiger partial charge on any atom is 0.146 e. The van der Waals surface area contributed by atoms with E-state index in [4.69, 9.17) is 0 Å². The Morgan fingerprint density at radius 3 is 2.59 bits per heavy atom. The van der Waals surface area contributed by atoms with Gasteiger partial charge in [-0.2, -0.15) is 0 Å². The molecule has 0 saturated carbocycles. The summed E-state index contributed by atoms with van der Waals surface area (Å²) in [6.45, 7) is 10.2. The van der Waals surface area contributed by atoms with Gasteiger partial charge < -0.3 is 4.90 Å². The molecular weight excluding hydrogens is 213 g/mol. The van der Waals surface area contributed by atoms with E-state index in [1.807, 2.05) is 17.0 Å². The van der Waals surface area contributed by atoms with Crippen LogP contribution in [0.25, 0.3) is 0 Å². The monoisotopic (exact) mass is 231 g/mol. The molecule has 0 amide bonds. The van der Waals surface area contributed by atoms with Crippen molar-refractivity contribution in [2.24, 2.45) is 0 Å². The van der Waals surface area contributed by atoms with Crippen molar-refractivity contribution in [1.82, 2.24) is 0 Å². The molecule has 0 heterocycles. The first-order valence-electron chi connectivity index (χ1n) is 5.71. The molecule has 0 spiro atoms. The van der Waals surface area contributed by atoms with E-state index in [9.17, 15) is 4.39 Å². The number of nitrogens with zero attached hydrogens (tertiary/aromatic N) is 1. The fourth-order valence-corrected chi connectivity index (χ4v) is 1.67. The van der Waals surface area contributed by atoms with Gasteiger partial charge in [0, 0.05) is 12.2 Å². The van der Waals surface area contributed by atoms with Crippen LogP contribution in [0.15, 0.2) is 61.3 Å². The first-order valence-corrected chi connectivity index (χ1v) is 5.71. The zero-order chi connectivity index (χ0) is 12.7. The van der Waals surface area contributed by atoms with Gasteiger partial charge in [-0.3, -0.25) is 0 Å². The fraction of sp³-hybridized carbons (Fsp3) is 0.200. The Bertz CT molecular complexity index is 421. The lowest BCUT2D eigenvalue weighted by atomic mass is 10.2. The number of para-hydroxylation sites is 1. The van der Waals surface area contributed by atoms with Crippen molar-refractivity contribution in [2.75, 3.05) is 11.4 Å². The van der Waals surface area contributed by atoms with E-state index < -0.39 is 0 Å². The lowest BCUT2D eigenvalue weighted by Crippen LogP contribution is -2.23. The van der Waals surface area contributed by atoms with Gasteiger partial charge in [0.1, 0.15) is 5.82 Å². The number of benzene rings is 1. The standard InChI is InChI=1S/C15H18FN/c1-4-9-13(6-3)17(12-5-2)15-11-8-7-10-14(15)16/h4,6-11H,1,3,5,12H2,2H3/b13-9+. The topological polar surface area (TPSA) is 3.24 Å². The third kappa shape index (κ3) is 3.31. The third-order valence-electron chi connectivity index (χ3n) is 2.40. The Morgan fingerprint density at radius 1 is 1.35 bits per heavy atom. The Hall–Kier alpha value is -1.83. The molecule has 0 aliphatic heterocycles. The number of rotatable bonds is 6. The molecule has 0 aliphatic rings. The van der Waals surface area contributed by atoms with E-state index in [1.165, 1.54) is 6.07 Å². The van der Waals surface area contributed by atoms with Gasteiger partial charge in [-0.15, -0.1) is 0 Å². The highest BCUT2D eigenvalue weighted by atomic mass is 19.1. The van der Waals surface area contributed by atoms with Crippen molar-refractivity contribution in [2.45, 2.75) is 13.3 Å². The van der Waals surface area contributed by atoms with Gasteiger partial charge in [-0.05, 0) is 30.7 Å². The van der Waals surface area contributed by atoms with E-state index in [1.54, 1.807) is 24.3 Å². The van der Waals surface area contributed by atoms with Gasteiger partial charge >= 0.3 is 0 Å². The van der Waals surface area contributed by atoms with Gasteiger partial charge in [0.25, 0.3) is 0 Å². The fourth-order valence-electron chi connectivity index (χ4n) is 1.67. The van der Waals surface area contributed by atoms with Crippen LogP contribution >= 0.6 is 0 Å². The van der Waals surface area contributed by atoms with E-state index in [0.29, 0.717) is 5.69 Å². The van der Waals surface area contributed by atoms with Crippen LogP contribution in [-0.4, -0.2) is 6.54 Å². The summed E-state index contributed by atoms with van der Waals surface area (Å²) < 4.78 is 13.8. The van der Waals surface area contributed by atoms with E-state index in [2.05, 4.69) is 20.1 Å². The minimum atomic E-state index is -0.224. The summed E-state index contributed by atoms with van der Waals surface area (Å²) in [6, 6.07) is 6.75. The predicted octanol–water partition coefficient (Wildman–Crippen LogP) is 4.30. The van der Waals surface area contributed by atoms with Crippen LogP contribution < -0.4 is 4.90 Å². The lowest BCUT2D eigenvalue weighted by Gasteiger charge is -2.25. The SMILES string of the molecule is C=C/C=C(\C=C)N(CCC)c1ccccc1F. The molecule has 0 saturated heterocycles. The summed E-state index contributed by atoms with van der Waals surface area (Å²) in [5.74, 6) is -0.224. The number of anilines is 1. The van der Waals surface area contributed by atoms with Crippen molar-refractivity contribution in [3.63, 3.8) is 0 Å². The zero-order valence-electron chi connectivity index (χ0n) is 10.2. The number of hydrogen-bond donors (Lipinski definition) is 0. The maximum atomic E-state index is 13.8. The molecule has 0 N–H and O–H groups in total. The summed E-state index contributed by atoms with van der Waals surface area (Å²) in [4.78, 5) is 1.91. The smallest absolute Gasteiger partial charge is 0.146 e. The van der Waals surface area contributed by atoms with Crippen LogP contribution in [0.3, 0.4) is 0 Å². The molecule has 1 rings (SSSR count). The highest BCUT2D eigenvalue weighted by Gasteiger charge is 2.12. The lowest BCUT2D eigenvalue weighted by molar-refractivity contribution is 0.622. The second kappa shape index (κ2) is 6.69. The molecule has 2 heteroatoms. The highest BCUT2D eigenvalue weighted by molar-refractivity contribution is 5.55. The summed E-state index contributed by atoms with van der Waals surface area (Å²) in [7, 11) is 0. The molecule has 1 nitrogen and oxygen atoms in total. The molecule has 17 heavy (non-hydrogen) atoms. The number of halogens is 1. The highest BCUT2D eigenvalue weighted by Crippen LogP contribution is 2.23. The molecule has 1 aromatic rings. The summed E-state index contributed by atoms with van der Waals surface area (Å²) in [6.07, 6.45) is 6.15. The van der Waals surface area contributed by atoms with Gasteiger partial charge in [0.05, 0.1) is 5.69 Å². The molecule has 0 radical (unpaired) electrons. The van der Waals surface area contributed by atoms with Crippen molar-refractivity contribution < 1.29 is 4.39 Å². The van der Waals surface area contributed by atoms with Crippen LogP contribution in [-0.2, 0) is 0 Å². The largest absolute Gasteiger partial charge is 0.339 e. The minimum absolute atomic E-state index is 0.224. The second-order valence-corrected chi connectivity index (χ2v) is 3.63. The molecule has 1 aromatic carbocycles. The third-order valence-corrected chi connectivity index (χ3v) is 2.40. The van der Waals surface area contributed by atoms with Gasteiger partial charge in [-0.1, -0.05) is 38.3 Å². The predicted molar refractivity (Wildman–Crippen MR) is 72.5 cm³/mol. The van der Waals surface area contributed by atoms with Crippen LogP contribution in [0.1, 0.15) is 13.3 Å². The first kappa shape index (κ1) is 13.2. The van der Waals surface area contributed by atoms with Crippen LogP contribution in [0.2, 0.25) is 0 Å². The zero-order valence-corrected chi connectivity index (χ0v) is 10.2. The van der Waals surface area contributed by atoms with Crippen molar-refractivity contribution in [3.05, 3.63) is 67.2 Å². The van der Waals surface area contributed by atoms with Crippen LogP contribution in [0.5, 0.6) is 0 Å². The average Bonchev–Trinajstić information content (AvgIpc) is 2.34. The van der Waals surface area contributed by atoms with Gasteiger partial charge in [0.15, 0.2) is 0 Å². The first-order chi connectivity index (χ1) is 8.24.